The fraction of sp³-hybridized carbons (Fsp3) is 0.292. The number of carboxylic acids is 1. The van der Waals surface area contributed by atoms with Gasteiger partial charge in [-0.3, -0.25) is 4.79 Å². The van der Waals surface area contributed by atoms with Crippen LogP contribution >= 0.6 is 0 Å². The molecule has 0 saturated carbocycles. The molecule has 2 aromatic rings. The van der Waals surface area contributed by atoms with Crippen LogP contribution in [0.5, 0.6) is 0 Å². The maximum Gasteiger partial charge on any atom is 0.343 e. The van der Waals surface area contributed by atoms with Crippen molar-refractivity contribution in [2.75, 3.05) is 19.0 Å². The number of Topliss-reactive ketones (excluding diaryl/α,β-unsaturated/α-hetero) is 1. The highest BCUT2D eigenvalue weighted by Gasteiger charge is 2.44. The first-order valence-corrected chi connectivity index (χ1v) is 9.96. The number of pyridine rings is 1. The van der Waals surface area contributed by atoms with E-state index < -0.39 is 29.0 Å². The maximum atomic E-state index is 13.3. The Labute approximate surface area is 175 Å². The Hall–Kier alpha value is -3.41. The quantitative estimate of drug-likeness (QED) is 0.759. The number of aromatic nitrogens is 1. The van der Waals surface area contributed by atoms with Crippen LogP contribution in [0.3, 0.4) is 0 Å². The number of allylic oxidation sites excluding steroid dienone is 2. The van der Waals surface area contributed by atoms with Gasteiger partial charge < -0.3 is 15.1 Å². The van der Waals surface area contributed by atoms with Crippen molar-refractivity contribution in [1.82, 2.24) is 4.98 Å². The molecule has 2 unspecified atom stereocenters. The molecular formula is C24H24N2O4. The predicted molar refractivity (Wildman–Crippen MR) is 114 cm³/mol. The van der Waals surface area contributed by atoms with E-state index in [0.29, 0.717) is 29.7 Å². The lowest BCUT2D eigenvalue weighted by Gasteiger charge is -2.35. The van der Waals surface area contributed by atoms with Crippen LogP contribution in [-0.4, -0.2) is 41.0 Å². The SMILES string of the molecule is CC1Cc2ccc(N(C)C)nc2C2=C1C(O)=C(C(=O)O)C(=O)C2Cc1ccccc1. The minimum atomic E-state index is -1.39. The zero-order chi connectivity index (χ0) is 21.6. The Morgan fingerprint density at radius 2 is 1.83 bits per heavy atom. The molecule has 1 heterocycles. The van der Waals surface area contributed by atoms with Crippen molar-refractivity contribution < 1.29 is 19.8 Å². The van der Waals surface area contributed by atoms with E-state index in [2.05, 4.69) is 0 Å². The number of rotatable bonds is 4. The number of anilines is 1. The summed E-state index contributed by atoms with van der Waals surface area (Å²) in [6.45, 7) is 1.95. The van der Waals surface area contributed by atoms with Gasteiger partial charge in [0.25, 0.3) is 0 Å². The third-order valence-corrected chi connectivity index (χ3v) is 5.89. The Kier molecular flexibility index (Phi) is 4.94. The molecule has 0 amide bonds. The second-order valence-electron chi connectivity index (χ2n) is 8.14. The number of aliphatic hydroxyl groups excluding tert-OH is 1. The summed E-state index contributed by atoms with van der Waals surface area (Å²) in [5.74, 6) is -2.47. The third kappa shape index (κ3) is 3.18. The summed E-state index contributed by atoms with van der Waals surface area (Å²) in [4.78, 5) is 31.8. The van der Waals surface area contributed by atoms with Crippen molar-refractivity contribution in [1.29, 1.82) is 0 Å². The number of carbonyl (C=O) groups excluding carboxylic acids is 1. The van der Waals surface area contributed by atoms with Crippen LogP contribution in [0.25, 0.3) is 5.57 Å². The number of hydrogen-bond donors (Lipinski definition) is 2. The fourth-order valence-electron chi connectivity index (χ4n) is 4.47. The maximum absolute atomic E-state index is 13.3. The van der Waals surface area contributed by atoms with Gasteiger partial charge in [0.1, 0.15) is 17.2 Å². The number of carboxylic acid groups (broad SMARTS) is 1. The molecule has 0 spiro atoms. The highest BCUT2D eigenvalue weighted by atomic mass is 16.4. The van der Waals surface area contributed by atoms with Gasteiger partial charge in [-0.2, -0.15) is 0 Å². The summed E-state index contributed by atoms with van der Waals surface area (Å²) in [6, 6.07) is 13.5. The van der Waals surface area contributed by atoms with Crippen LogP contribution in [-0.2, 0) is 22.4 Å². The summed E-state index contributed by atoms with van der Waals surface area (Å²) in [6.07, 6.45) is 0.973. The van der Waals surface area contributed by atoms with E-state index in [0.717, 1.165) is 16.9 Å². The van der Waals surface area contributed by atoms with Crippen LogP contribution in [0.4, 0.5) is 5.82 Å². The summed E-state index contributed by atoms with van der Waals surface area (Å²) < 4.78 is 0. The van der Waals surface area contributed by atoms with Crippen LogP contribution < -0.4 is 4.90 Å². The topological polar surface area (TPSA) is 90.7 Å². The van der Waals surface area contributed by atoms with Gasteiger partial charge in [0, 0.05) is 19.7 Å². The molecule has 2 aliphatic carbocycles. The smallest absolute Gasteiger partial charge is 0.343 e. The lowest BCUT2D eigenvalue weighted by Crippen LogP contribution is -2.35. The number of benzene rings is 1. The van der Waals surface area contributed by atoms with E-state index in [1.807, 2.05) is 68.4 Å². The largest absolute Gasteiger partial charge is 0.507 e. The Morgan fingerprint density at radius 1 is 1.13 bits per heavy atom. The monoisotopic (exact) mass is 404 g/mol. The lowest BCUT2D eigenvalue weighted by molar-refractivity contribution is -0.135. The molecule has 154 valence electrons. The van der Waals surface area contributed by atoms with Gasteiger partial charge in [0.15, 0.2) is 5.78 Å². The van der Waals surface area contributed by atoms with Crippen LogP contribution in [0.1, 0.15) is 23.7 Å². The summed E-state index contributed by atoms with van der Waals surface area (Å²) in [5.41, 5.74) is 3.28. The van der Waals surface area contributed by atoms with Crippen molar-refractivity contribution in [3.05, 3.63) is 76.2 Å². The molecule has 30 heavy (non-hydrogen) atoms. The molecule has 4 rings (SSSR count). The Balaban J connectivity index is 1.97. The molecule has 0 fully saturated rings. The van der Waals surface area contributed by atoms with Gasteiger partial charge in [0.2, 0.25) is 0 Å². The Bertz CT molecular complexity index is 1100. The van der Waals surface area contributed by atoms with E-state index in [9.17, 15) is 19.8 Å². The molecule has 2 N–H and O–H groups in total. The first-order chi connectivity index (χ1) is 14.3. The third-order valence-electron chi connectivity index (χ3n) is 5.89. The van der Waals surface area contributed by atoms with Gasteiger partial charge in [-0.25, -0.2) is 9.78 Å². The normalized spacial score (nSPS) is 20.7. The molecule has 6 nitrogen and oxygen atoms in total. The van der Waals surface area contributed by atoms with Gasteiger partial charge in [-0.05, 0) is 41.5 Å². The van der Waals surface area contributed by atoms with E-state index in [-0.39, 0.29) is 5.92 Å². The molecule has 2 aliphatic rings. The fourth-order valence-corrected chi connectivity index (χ4v) is 4.47. The molecule has 0 aliphatic heterocycles. The molecule has 0 saturated heterocycles. The number of ketones is 1. The van der Waals surface area contributed by atoms with Gasteiger partial charge in [-0.15, -0.1) is 0 Å². The van der Waals surface area contributed by atoms with Gasteiger partial charge >= 0.3 is 5.97 Å². The minimum absolute atomic E-state index is 0.125. The number of aliphatic hydroxyl groups is 1. The van der Waals surface area contributed by atoms with Gasteiger partial charge in [-0.1, -0.05) is 43.3 Å². The standard InChI is InChI=1S/C24H24N2O4/c1-13-11-15-9-10-17(26(2)3)25-21(15)19-16(12-14-7-5-4-6-8-14)22(27)20(24(29)30)23(28)18(13)19/h4-10,13,16,28H,11-12H2,1-3H3,(H,29,30). The second-order valence-corrected chi connectivity index (χ2v) is 8.14. The van der Waals surface area contributed by atoms with Crippen LogP contribution in [0.2, 0.25) is 0 Å². The molecule has 1 aromatic heterocycles. The van der Waals surface area contributed by atoms with E-state index >= 15 is 0 Å². The molecule has 1 aromatic carbocycles. The van der Waals surface area contributed by atoms with E-state index in [1.165, 1.54) is 0 Å². The first kappa shape index (κ1) is 19.9. The van der Waals surface area contributed by atoms with Crippen LogP contribution in [0.15, 0.2) is 59.4 Å². The van der Waals surface area contributed by atoms with Crippen molar-refractivity contribution in [3.8, 4) is 0 Å². The highest BCUT2D eigenvalue weighted by molar-refractivity contribution is 6.23. The number of hydrogen-bond acceptors (Lipinski definition) is 5. The molecule has 2 atom stereocenters. The van der Waals surface area contributed by atoms with Gasteiger partial charge in [0.05, 0.1) is 11.6 Å². The molecular weight excluding hydrogens is 380 g/mol. The first-order valence-electron chi connectivity index (χ1n) is 9.96. The Morgan fingerprint density at radius 3 is 2.47 bits per heavy atom. The van der Waals surface area contributed by atoms with E-state index in [4.69, 9.17) is 4.98 Å². The van der Waals surface area contributed by atoms with E-state index in [1.54, 1.807) is 0 Å². The molecule has 0 bridgehead atoms. The molecule has 6 heteroatoms. The number of aliphatic carboxylic acids is 1. The number of nitrogens with zero attached hydrogens (tertiary/aromatic N) is 2. The second kappa shape index (κ2) is 7.44. The minimum Gasteiger partial charge on any atom is -0.507 e. The predicted octanol–water partition coefficient (Wildman–Crippen LogP) is 3.43. The van der Waals surface area contributed by atoms with Crippen molar-refractivity contribution in [2.45, 2.75) is 19.8 Å². The summed E-state index contributed by atoms with van der Waals surface area (Å²) >= 11 is 0. The zero-order valence-corrected chi connectivity index (χ0v) is 17.2. The van der Waals surface area contributed by atoms with Crippen molar-refractivity contribution in [2.24, 2.45) is 11.8 Å². The summed E-state index contributed by atoms with van der Waals surface area (Å²) in [7, 11) is 3.78. The number of fused-ring (bicyclic) bond motifs is 2. The lowest BCUT2D eigenvalue weighted by atomic mass is 9.69. The van der Waals surface area contributed by atoms with Crippen molar-refractivity contribution in [3.63, 3.8) is 0 Å². The average Bonchev–Trinajstić information content (AvgIpc) is 2.70. The molecule has 0 radical (unpaired) electrons. The van der Waals surface area contributed by atoms with Crippen LogP contribution in [0, 0.1) is 11.8 Å². The van der Waals surface area contributed by atoms with Crippen molar-refractivity contribution >= 4 is 23.1 Å². The average molecular weight is 404 g/mol. The zero-order valence-electron chi connectivity index (χ0n) is 17.2. The number of carbonyl (C=O) groups is 2. The summed E-state index contributed by atoms with van der Waals surface area (Å²) in [5, 5.41) is 20.5. The highest BCUT2D eigenvalue weighted by Crippen LogP contribution is 2.46.